The number of para-hydroxylation sites is 1. The Morgan fingerprint density at radius 2 is 1.70 bits per heavy atom. The van der Waals surface area contributed by atoms with Crippen LogP contribution in [0.5, 0.6) is 0 Å². The fourth-order valence-corrected chi connectivity index (χ4v) is 4.20. The lowest BCUT2D eigenvalue weighted by atomic mass is 9.79. The van der Waals surface area contributed by atoms with Gasteiger partial charge in [0.25, 0.3) is 5.91 Å². The van der Waals surface area contributed by atoms with E-state index in [1.54, 1.807) is 24.3 Å². The van der Waals surface area contributed by atoms with Gasteiger partial charge < -0.3 is 10.6 Å². The van der Waals surface area contributed by atoms with E-state index in [2.05, 4.69) is 22.8 Å². The molecular formula is C21H22ClN3O2. The summed E-state index contributed by atoms with van der Waals surface area (Å²) < 4.78 is 0. The number of anilines is 1. The molecule has 1 aliphatic carbocycles. The molecule has 2 N–H and O–H groups in total. The molecule has 1 saturated carbocycles. The number of urea groups is 1. The van der Waals surface area contributed by atoms with E-state index in [0.717, 1.165) is 19.4 Å². The molecule has 0 unspecified atom stereocenters. The first-order valence-corrected chi connectivity index (χ1v) is 9.65. The van der Waals surface area contributed by atoms with Gasteiger partial charge in [0.15, 0.2) is 0 Å². The van der Waals surface area contributed by atoms with Gasteiger partial charge >= 0.3 is 6.03 Å². The van der Waals surface area contributed by atoms with Gasteiger partial charge in [-0.15, -0.1) is 0 Å². The van der Waals surface area contributed by atoms with Gasteiger partial charge in [-0.05, 0) is 43.4 Å². The van der Waals surface area contributed by atoms with Crippen LogP contribution < -0.4 is 15.5 Å². The number of rotatable bonds is 4. The number of amides is 3. The molecule has 5 nitrogen and oxygen atoms in total. The van der Waals surface area contributed by atoms with Crippen LogP contribution in [0.3, 0.4) is 0 Å². The highest BCUT2D eigenvalue weighted by Crippen LogP contribution is 2.37. The quantitative estimate of drug-likeness (QED) is 0.788. The molecule has 1 saturated heterocycles. The second-order valence-electron chi connectivity index (χ2n) is 7.25. The maximum Gasteiger partial charge on any atom is 0.329 e. The third-order valence-electron chi connectivity index (χ3n) is 5.53. The van der Waals surface area contributed by atoms with E-state index in [1.807, 2.05) is 18.2 Å². The molecule has 0 radical (unpaired) electrons. The van der Waals surface area contributed by atoms with E-state index in [9.17, 15) is 9.59 Å². The van der Waals surface area contributed by atoms with Crippen molar-refractivity contribution in [2.24, 2.45) is 0 Å². The van der Waals surface area contributed by atoms with E-state index in [-0.39, 0.29) is 11.9 Å². The van der Waals surface area contributed by atoms with Crippen LogP contribution in [0.4, 0.5) is 10.5 Å². The Bertz CT molecular complexity index is 848. The Kier molecular flexibility index (Phi) is 4.89. The summed E-state index contributed by atoms with van der Waals surface area (Å²) in [5.41, 5.74) is 0.886. The van der Waals surface area contributed by atoms with Crippen LogP contribution in [-0.2, 0) is 11.3 Å². The average Bonchev–Trinajstić information content (AvgIpc) is 2.92. The third-order valence-corrected chi connectivity index (χ3v) is 5.85. The topological polar surface area (TPSA) is 61.4 Å². The lowest BCUT2D eigenvalue weighted by molar-refractivity contribution is -0.123. The first-order valence-electron chi connectivity index (χ1n) is 9.28. The number of halogens is 1. The molecule has 2 fully saturated rings. The molecule has 1 spiro atoms. The van der Waals surface area contributed by atoms with Crippen molar-refractivity contribution in [3.8, 4) is 0 Å². The van der Waals surface area contributed by atoms with Gasteiger partial charge in [0.2, 0.25) is 0 Å². The maximum absolute atomic E-state index is 13.1. The molecule has 0 bridgehead atoms. The van der Waals surface area contributed by atoms with E-state index < -0.39 is 5.54 Å². The van der Waals surface area contributed by atoms with Crippen LogP contribution in [0.1, 0.15) is 31.2 Å². The zero-order chi connectivity index (χ0) is 18.9. The Morgan fingerprint density at radius 1 is 1.04 bits per heavy atom. The van der Waals surface area contributed by atoms with E-state index in [4.69, 9.17) is 11.6 Å². The number of nitrogens with one attached hydrogen (secondary N) is 2. The number of carbonyl (C=O) groups is 2. The van der Waals surface area contributed by atoms with Crippen LogP contribution in [0.15, 0.2) is 54.6 Å². The molecule has 3 amide bonds. The van der Waals surface area contributed by atoms with Crippen molar-refractivity contribution in [3.05, 3.63) is 65.2 Å². The maximum atomic E-state index is 13.1. The molecule has 2 aromatic rings. The van der Waals surface area contributed by atoms with E-state index in [0.29, 0.717) is 29.6 Å². The zero-order valence-corrected chi connectivity index (χ0v) is 15.7. The number of imide groups is 1. The number of hydrogen-bond acceptors (Lipinski definition) is 3. The Morgan fingerprint density at radius 3 is 2.41 bits per heavy atom. The molecule has 27 heavy (non-hydrogen) atoms. The molecule has 1 heterocycles. The largest absolute Gasteiger partial charge is 0.329 e. The fourth-order valence-electron chi connectivity index (χ4n) is 3.98. The molecule has 2 aliphatic rings. The Balaban J connectivity index is 1.41. The van der Waals surface area contributed by atoms with E-state index in [1.165, 1.54) is 10.5 Å². The zero-order valence-electron chi connectivity index (χ0n) is 15.0. The van der Waals surface area contributed by atoms with Crippen LogP contribution in [0.25, 0.3) is 0 Å². The standard InChI is InChI=1S/C21H22ClN3O2/c22-17-8-4-5-9-18(17)25-19(26)21(24-20(25)27)12-10-16(11-13-21)23-14-15-6-2-1-3-7-15/h1-9,16,23H,10-14H2,(H,24,27)/t16-,21+. The predicted octanol–water partition coefficient (Wildman–Crippen LogP) is 3.87. The molecule has 4 rings (SSSR count). The molecule has 6 heteroatoms. The summed E-state index contributed by atoms with van der Waals surface area (Å²) in [6.45, 7) is 0.810. The Hall–Kier alpha value is -2.37. The molecule has 1 aliphatic heterocycles. The van der Waals surface area contributed by atoms with Crippen molar-refractivity contribution in [2.75, 3.05) is 4.90 Å². The summed E-state index contributed by atoms with van der Waals surface area (Å²) in [6.07, 6.45) is 2.94. The fraction of sp³-hybridized carbons (Fsp3) is 0.333. The smallest absolute Gasteiger partial charge is 0.323 e. The minimum absolute atomic E-state index is 0.192. The molecular weight excluding hydrogens is 362 g/mol. The van der Waals surface area contributed by atoms with Crippen molar-refractivity contribution in [2.45, 2.75) is 43.8 Å². The van der Waals surface area contributed by atoms with E-state index >= 15 is 0 Å². The summed E-state index contributed by atoms with van der Waals surface area (Å²) in [6, 6.07) is 17.2. The van der Waals surface area contributed by atoms with Gasteiger partial charge in [0, 0.05) is 12.6 Å². The average molecular weight is 384 g/mol. The molecule has 0 atom stereocenters. The van der Waals surface area contributed by atoms with Crippen LogP contribution in [0.2, 0.25) is 5.02 Å². The molecule has 140 valence electrons. The van der Waals surface area contributed by atoms with Gasteiger partial charge in [-0.2, -0.15) is 0 Å². The minimum Gasteiger partial charge on any atom is -0.323 e. The van der Waals surface area contributed by atoms with Crippen LogP contribution >= 0.6 is 11.6 Å². The Labute approximate surface area is 163 Å². The number of carbonyl (C=O) groups excluding carboxylic acids is 2. The highest BCUT2D eigenvalue weighted by molar-refractivity contribution is 6.36. The summed E-state index contributed by atoms with van der Waals surface area (Å²) in [5.74, 6) is -0.192. The second kappa shape index (κ2) is 7.33. The number of nitrogens with zero attached hydrogens (tertiary/aromatic N) is 1. The van der Waals surface area contributed by atoms with Crippen molar-refractivity contribution >= 4 is 29.2 Å². The van der Waals surface area contributed by atoms with Crippen LogP contribution in [0, 0.1) is 0 Å². The highest BCUT2D eigenvalue weighted by atomic mass is 35.5. The van der Waals surface area contributed by atoms with Gasteiger partial charge in [-0.3, -0.25) is 4.79 Å². The summed E-state index contributed by atoms with van der Waals surface area (Å²) >= 11 is 6.20. The van der Waals surface area contributed by atoms with Gasteiger partial charge in [0.1, 0.15) is 5.54 Å². The lowest BCUT2D eigenvalue weighted by Crippen LogP contribution is -2.52. The monoisotopic (exact) mass is 383 g/mol. The lowest BCUT2D eigenvalue weighted by Gasteiger charge is -2.35. The summed E-state index contributed by atoms with van der Waals surface area (Å²) in [5, 5.41) is 6.90. The van der Waals surface area contributed by atoms with Crippen LogP contribution in [-0.4, -0.2) is 23.5 Å². The van der Waals surface area contributed by atoms with Crippen molar-refractivity contribution in [3.63, 3.8) is 0 Å². The normalized spacial score (nSPS) is 25.1. The minimum atomic E-state index is -0.804. The first kappa shape index (κ1) is 18.0. The third kappa shape index (κ3) is 3.45. The van der Waals surface area contributed by atoms with Crippen molar-refractivity contribution in [1.82, 2.24) is 10.6 Å². The molecule has 2 aromatic carbocycles. The first-order chi connectivity index (χ1) is 13.1. The van der Waals surface area contributed by atoms with Crippen molar-refractivity contribution in [1.29, 1.82) is 0 Å². The van der Waals surface area contributed by atoms with Crippen molar-refractivity contribution < 1.29 is 9.59 Å². The number of hydrogen-bond donors (Lipinski definition) is 2. The number of benzene rings is 2. The van der Waals surface area contributed by atoms with Gasteiger partial charge in [-0.25, -0.2) is 9.69 Å². The predicted molar refractivity (Wildman–Crippen MR) is 106 cm³/mol. The second-order valence-corrected chi connectivity index (χ2v) is 7.65. The highest BCUT2D eigenvalue weighted by Gasteiger charge is 2.53. The molecule has 0 aromatic heterocycles. The SMILES string of the molecule is O=C1N[C@]2(CC[C@@H](NCc3ccccc3)CC2)C(=O)N1c1ccccc1Cl. The summed E-state index contributed by atoms with van der Waals surface area (Å²) in [7, 11) is 0. The van der Waals surface area contributed by atoms with Gasteiger partial charge in [-0.1, -0.05) is 54.1 Å². The summed E-state index contributed by atoms with van der Waals surface area (Å²) in [4.78, 5) is 26.8. The van der Waals surface area contributed by atoms with Gasteiger partial charge in [0.05, 0.1) is 10.7 Å².